The molecular formula is C25H21ClN4O. The lowest BCUT2D eigenvalue weighted by Crippen LogP contribution is -1.98. The fourth-order valence-corrected chi connectivity index (χ4v) is 4.00. The van der Waals surface area contributed by atoms with Crippen LogP contribution in [0.15, 0.2) is 79.3 Å². The maximum atomic E-state index is 6.40. The molecular weight excluding hydrogens is 408 g/mol. The first kappa shape index (κ1) is 19.3. The van der Waals surface area contributed by atoms with Gasteiger partial charge in [0, 0.05) is 50.8 Å². The fraction of sp³-hybridized carbons (Fsp3) is 0.0800. The molecule has 0 fully saturated rings. The number of rotatable bonds is 5. The van der Waals surface area contributed by atoms with Crippen LogP contribution in [0.1, 0.15) is 5.69 Å². The van der Waals surface area contributed by atoms with Crippen LogP contribution in [0.3, 0.4) is 0 Å². The minimum absolute atomic E-state index is 0.721. The summed E-state index contributed by atoms with van der Waals surface area (Å²) in [6.07, 6.45) is 3.76. The van der Waals surface area contributed by atoms with Crippen LogP contribution in [-0.4, -0.2) is 21.6 Å². The minimum Gasteiger partial charge on any atom is -0.494 e. The predicted octanol–water partition coefficient (Wildman–Crippen LogP) is 6.73. The Bertz CT molecular complexity index is 1390. The third kappa shape index (κ3) is 3.64. The van der Waals surface area contributed by atoms with E-state index in [1.54, 1.807) is 13.4 Å². The number of hydrogen-bond donors (Lipinski definition) is 2. The molecule has 0 saturated heterocycles. The number of nitrogens with zero attached hydrogens (tertiary/aromatic N) is 2. The van der Waals surface area contributed by atoms with Gasteiger partial charge in [0.05, 0.1) is 24.8 Å². The number of H-pyrrole nitrogens is 1. The summed E-state index contributed by atoms with van der Waals surface area (Å²) >= 11 is 6.40. The molecule has 5 aromatic rings. The second-order valence-corrected chi connectivity index (χ2v) is 7.77. The van der Waals surface area contributed by atoms with E-state index in [0.29, 0.717) is 0 Å². The molecule has 0 radical (unpaired) electrons. The van der Waals surface area contributed by atoms with Gasteiger partial charge in [-0.3, -0.25) is 0 Å². The number of anilines is 2. The average molecular weight is 429 g/mol. The van der Waals surface area contributed by atoms with Gasteiger partial charge >= 0.3 is 0 Å². The molecule has 0 aliphatic carbocycles. The normalized spacial score (nSPS) is 11.1. The van der Waals surface area contributed by atoms with E-state index in [9.17, 15) is 0 Å². The molecule has 0 atom stereocenters. The first-order valence-corrected chi connectivity index (χ1v) is 10.3. The third-order valence-corrected chi connectivity index (χ3v) is 5.61. The largest absolute Gasteiger partial charge is 0.494 e. The summed E-state index contributed by atoms with van der Waals surface area (Å²) in [5.74, 6) is 0.764. The molecule has 5 nitrogen and oxygen atoms in total. The van der Waals surface area contributed by atoms with Gasteiger partial charge in [-0.15, -0.1) is 0 Å². The van der Waals surface area contributed by atoms with Crippen molar-refractivity contribution in [3.05, 3.63) is 90.0 Å². The van der Waals surface area contributed by atoms with E-state index in [-0.39, 0.29) is 0 Å². The molecule has 2 heterocycles. The molecule has 0 unspecified atom stereocenters. The highest BCUT2D eigenvalue weighted by Gasteiger charge is 2.11. The molecule has 0 bridgehead atoms. The maximum Gasteiger partial charge on any atom is 0.144 e. The molecule has 2 N–H and O–H groups in total. The second-order valence-electron chi connectivity index (χ2n) is 7.36. The summed E-state index contributed by atoms with van der Waals surface area (Å²) < 4.78 is 7.60. The first-order valence-electron chi connectivity index (χ1n) is 9.95. The van der Waals surface area contributed by atoms with Crippen molar-refractivity contribution in [2.24, 2.45) is 0 Å². The van der Waals surface area contributed by atoms with Gasteiger partial charge in [-0.2, -0.15) is 0 Å². The molecule has 0 saturated carbocycles. The maximum absolute atomic E-state index is 6.40. The number of imidazole rings is 1. The van der Waals surface area contributed by atoms with Gasteiger partial charge in [-0.1, -0.05) is 35.9 Å². The summed E-state index contributed by atoms with van der Waals surface area (Å²) in [6, 6.07) is 22.2. The number of fused-ring (bicyclic) bond motifs is 1. The number of aromatic amines is 1. The van der Waals surface area contributed by atoms with Crippen molar-refractivity contribution in [3.8, 4) is 22.7 Å². The van der Waals surface area contributed by atoms with Crippen LogP contribution in [0.25, 0.3) is 27.8 Å². The second kappa shape index (κ2) is 7.85. The quantitative estimate of drug-likeness (QED) is 0.326. The Kier molecular flexibility index (Phi) is 4.88. The highest BCUT2D eigenvalue weighted by molar-refractivity contribution is 6.33. The Morgan fingerprint density at radius 1 is 1.03 bits per heavy atom. The van der Waals surface area contributed by atoms with Crippen LogP contribution < -0.4 is 10.1 Å². The van der Waals surface area contributed by atoms with E-state index in [0.717, 1.165) is 55.7 Å². The van der Waals surface area contributed by atoms with Crippen molar-refractivity contribution in [2.75, 3.05) is 12.4 Å². The molecule has 0 aliphatic heterocycles. The van der Waals surface area contributed by atoms with Crippen molar-refractivity contribution in [1.82, 2.24) is 14.5 Å². The standard InChI is InChI=1S/C25H21ClN4O/c1-16-14-30(15-27-16)24-11-10-17(12-25(24)31-2)28-21-8-5-9-22-19(21)13-23(29-22)18-6-3-4-7-20(18)26/h3-15,28-29H,1-2H3. The molecule has 0 amide bonds. The Labute approximate surface area is 185 Å². The Balaban J connectivity index is 1.51. The number of methoxy groups -OCH3 is 1. The summed E-state index contributed by atoms with van der Waals surface area (Å²) in [6.45, 7) is 1.97. The van der Waals surface area contributed by atoms with Crippen LogP contribution in [0.5, 0.6) is 5.75 Å². The molecule has 5 rings (SSSR count). The summed E-state index contributed by atoms with van der Waals surface area (Å²) in [7, 11) is 1.68. The lowest BCUT2D eigenvalue weighted by atomic mass is 10.1. The lowest BCUT2D eigenvalue weighted by molar-refractivity contribution is 0.413. The Morgan fingerprint density at radius 2 is 1.90 bits per heavy atom. The van der Waals surface area contributed by atoms with Gasteiger partial charge in [-0.05, 0) is 43.3 Å². The van der Waals surface area contributed by atoms with Gasteiger partial charge < -0.3 is 19.6 Å². The SMILES string of the molecule is COc1cc(Nc2cccc3[nH]c(-c4ccccc4Cl)cc23)ccc1-n1cnc(C)c1. The Morgan fingerprint density at radius 3 is 2.68 bits per heavy atom. The van der Waals surface area contributed by atoms with Crippen molar-refractivity contribution in [2.45, 2.75) is 6.92 Å². The molecule has 6 heteroatoms. The zero-order valence-electron chi connectivity index (χ0n) is 17.2. The summed E-state index contributed by atoms with van der Waals surface area (Å²) in [5, 5.41) is 5.34. The van der Waals surface area contributed by atoms with Gasteiger partial charge in [-0.25, -0.2) is 4.98 Å². The predicted molar refractivity (Wildman–Crippen MR) is 127 cm³/mol. The van der Waals surface area contributed by atoms with Crippen LogP contribution in [0, 0.1) is 6.92 Å². The number of aromatic nitrogens is 3. The van der Waals surface area contributed by atoms with Crippen molar-refractivity contribution in [3.63, 3.8) is 0 Å². The lowest BCUT2D eigenvalue weighted by Gasteiger charge is -2.13. The topological polar surface area (TPSA) is 54.9 Å². The number of hydrogen-bond acceptors (Lipinski definition) is 3. The van der Waals surface area contributed by atoms with Crippen molar-refractivity contribution < 1.29 is 4.74 Å². The third-order valence-electron chi connectivity index (χ3n) is 5.28. The average Bonchev–Trinajstić information content (AvgIpc) is 3.41. The summed E-state index contributed by atoms with van der Waals surface area (Å²) in [5.41, 5.74) is 6.83. The number of ether oxygens (including phenoxy) is 1. The molecule has 3 aromatic carbocycles. The zero-order chi connectivity index (χ0) is 21.4. The smallest absolute Gasteiger partial charge is 0.144 e. The van der Waals surface area contributed by atoms with E-state index in [4.69, 9.17) is 16.3 Å². The van der Waals surface area contributed by atoms with Crippen molar-refractivity contribution in [1.29, 1.82) is 0 Å². The molecule has 0 aliphatic rings. The van der Waals surface area contributed by atoms with E-state index in [2.05, 4.69) is 33.5 Å². The van der Waals surface area contributed by atoms with Gasteiger partial charge in [0.15, 0.2) is 0 Å². The van der Waals surface area contributed by atoms with Gasteiger partial charge in [0.2, 0.25) is 0 Å². The number of aryl methyl sites for hydroxylation is 1. The monoisotopic (exact) mass is 428 g/mol. The van der Waals surface area contributed by atoms with E-state index < -0.39 is 0 Å². The summed E-state index contributed by atoms with van der Waals surface area (Å²) in [4.78, 5) is 7.78. The van der Waals surface area contributed by atoms with Crippen LogP contribution in [0.4, 0.5) is 11.4 Å². The van der Waals surface area contributed by atoms with Gasteiger partial charge in [0.1, 0.15) is 5.75 Å². The van der Waals surface area contributed by atoms with Crippen LogP contribution in [0.2, 0.25) is 5.02 Å². The first-order chi connectivity index (χ1) is 15.1. The van der Waals surface area contributed by atoms with Crippen LogP contribution >= 0.6 is 11.6 Å². The number of nitrogens with one attached hydrogen (secondary N) is 2. The van der Waals surface area contributed by atoms with E-state index in [1.807, 2.05) is 66.2 Å². The Hall–Kier alpha value is -3.70. The van der Waals surface area contributed by atoms with E-state index in [1.165, 1.54) is 0 Å². The molecule has 31 heavy (non-hydrogen) atoms. The zero-order valence-corrected chi connectivity index (χ0v) is 17.9. The molecule has 2 aromatic heterocycles. The molecule has 0 spiro atoms. The number of benzene rings is 3. The van der Waals surface area contributed by atoms with Gasteiger partial charge in [0.25, 0.3) is 0 Å². The van der Waals surface area contributed by atoms with E-state index >= 15 is 0 Å². The highest BCUT2D eigenvalue weighted by Crippen LogP contribution is 2.35. The highest BCUT2D eigenvalue weighted by atomic mass is 35.5. The number of halogens is 1. The minimum atomic E-state index is 0.721. The molecule has 154 valence electrons. The van der Waals surface area contributed by atoms with Crippen molar-refractivity contribution >= 4 is 33.9 Å². The fourth-order valence-electron chi connectivity index (χ4n) is 3.77. The van der Waals surface area contributed by atoms with Crippen LogP contribution in [-0.2, 0) is 0 Å².